The maximum Gasteiger partial charge on any atom is 0.338 e. The SMILES string of the molecule is Cc1ccc(NC(=O)COC(=O)c2cccc(NC(=O)c3cccs3)c2)c(F)c1. The number of esters is 1. The van der Waals surface area contributed by atoms with Crippen LogP contribution in [0.15, 0.2) is 60.0 Å². The van der Waals surface area contributed by atoms with Gasteiger partial charge >= 0.3 is 5.97 Å². The zero-order chi connectivity index (χ0) is 20.8. The highest BCUT2D eigenvalue weighted by atomic mass is 32.1. The molecule has 6 nitrogen and oxygen atoms in total. The molecule has 1 heterocycles. The monoisotopic (exact) mass is 412 g/mol. The van der Waals surface area contributed by atoms with Crippen molar-refractivity contribution >= 4 is 40.5 Å². The molecule has 1 aromatic heterocycles. The van der Waals surface area contributed by atoms with Crippen LogP contribution in [0.2, 0.25) is 0 Å². The molecule has 0 aliphatic heterocycles. The van der Waals surface area contributed by atoms with Gasteiger partial charge in [-0.15, -0.1) is 11.3 Å². The highest BCUT2D eigenvalue weighted by Gasteiger charge is 2.13. The predicted molar refractivity (Wildman–Crippen MR) is 109 cm³/mol. The molecule has 0 saturated heterocycles. The molecule has 8 heteroatoms. The van der Waals surface area contributed by atoms with Crippen LogP contribution in [0.4, 0.5) is 15.8 Å². The number of carbonyl (C=O) groups is 3. The summed E-state index contributed by atoms with van der Waals surface area (Å²) in [6, 6.07) is 14.0. The van der Waals surface area contributed by atoms with Crippen molar-refractivity contribution in [3.05, 3.63) is 81.8 Å². The second-order valence-electron chi connectivity index (χ2n) is 6.12. The Morgan fingerprint density at radius 2 is 1.86 bits per heavy atom. The number of anilines is 2. The second kappa shape index (κ2) is 9.11. The van der Waals surface area contributed by atoms with Gasteiger partial charge in [-0.2, -0.15) is 0 Å². The third-order valence-electron chi connectivity index (χ3n) is 3.83. The van der Waals surface area contributed by atoms with Crippen LogP contribution in [0, 0.1) is 12.7 Å². The Labute approximate surface area is 170 Å². The Morgan fingerprint density at radius 1 is 1.03 bits per heavy atom. The molecule has 29 heavy (non-hydrogen) atoms. The van der Waals surface area contributed by atoms with Crippen molar-refractivity contribution in [3.63, 3.8) is 0 Å². The number of carbonyl (C=O) groups excluding carboxylic acids is 3. The lowest BCUT2D eigenvalue weighted by atomic mass is 10.2. The Morgan fingerprint density at radius 3 is 2.59 bits per heavy atom. The number of benzene rings is 2. The van der Waals surface area contributed by atoms with E-state index in [2.05, 4.69) is 10.6 Å². The fraction of sp³-hybridized carbons (Fsp3) is 0.0952. The summed E-state index contributed by atoms with van der Waals surface area (Å²) in [5, 5.41) is 6.83. The fourth-order valence-corrected chi connectivity index (χ4v) is 3.07. The molecule has 0 unspecified atom stereocenters. The van der Waals surface area contributed by atoms with E-state index in [1.807, 2.05) is 0 Å². The molecule has 0 aliphatic carbocycles. The smallest absolute Gasteiger partial charge is 0.338 e. The highest BCUT2D eigenvalue weighted by molar-refractivity contribution is 7.12. The number of thiophene rings is 1. The van der Waals surface area contributed by atoms with Gasteiger partial charge in [-0.1, -0.05) is 18.2 Å². The molecule has 2 aromatic carbocycles. The number of rotatable bonds is 6. The minimum atomic E-state index is -0.739. The third kappa shape index (κ3) is 5.49. The van der Waals surface area contributed by atoms with E-state index in [-0.39, 0.29) is 17.2 Å². The van der Waals surface area contributed by atoms with E-state index in [1.165, 1.54) is 35.6 Å². The van der Waals surface area contributed by atoms with E-state index < -0.39 is 24.3 Å². The lowest BCUT2D eigenvalue weighted by Gasteiger charge is -2.09. The van der Waals surface area contributed by atoms with Crippen molar-refractivity contribution < 1.29 is 23.5 Å². The zero-order valence-corrected chi connectivity index (χ0v) is 16.2. The molecule has 0 aliphatic rings. The predicted octanol–water partition coefficient (Wildman–Crippen LogP) is 4.24. The van der Waals surface area contributed by atoms with Gasteiger partial charge in [0.25, 0.3) is 11.8 Å². The van der Waals surface area contributed by atoms with E-state index >= 15 is 0 Å². The van der Waals surface area contributed by atoms with Gasteiger partial charge in [-0.05, 0) is 54.3 Å². The van der Waals surface area contributed by atoms with Crippen LogP contribution < -0.4 is 10.6 Å². The van der Waals surface area contributed by atoms with Gasteiger partial charge in [0.1, 0.15) is 5.82 Å². The minimum absolute atomic E-state index is 0.00920. The molecule has 148 valence electrons. The van der Waals surface area contributed by atoms with Crippen molar-refractivity contribution in [1.82, 2.24) is 0 Å². The molecule has 0 radical (unpaired) electrons. The molecule has 0 spiro atoms. The molecule has 3 rings (SSSR count). The van der Waals surface area contributed by atoms with Gasteiger partial charge < -0.3 is 15.4 Å². The number of amides is 2. The van der Waals surface area contributed by atoms with Crippen molar-refractivity contribution in [2.75, 3.05) is 17.2 Å². The van der Waals surface area contributed by atoms with Crippen LogP contribution in [0.5, 0.6) is 0 Å². The van der Waals surface area contributed by atoms with Crippen LogP contribution in [-0.4, -0.2) is 24.4 Å². The van der Waals surface area contributed by atoms with Gasteiger partial charge in [-0.25, -0.2) is 9.18 Å². The first-order chi connectivity index (χ1) is 13.9. The Bertz CT molecular complexity index is 1050. The number of halogens is 1. The number of ether oxygens (including phenoxy) is 1. The average molecular weight is 412 g/mol. The molecule has 0 fully saturated rings. The quantitative estimate of drug-likeness (QED) is 0.593. The number of nitrogens with one attached hydrogen (secondary N) is 2. The summed E-state index contributed by atoms with van der Waals surface area (Å²) in [4.78, 5) is 36.7. The average Bonchev–Trinajstić information content (AvgIpc) is 3.23. The van der Waals surface area contributed by atoms with Gasteiger partial charge in [0.15, 0.2) is 6.61 Å². The third-order valence-corrected chi connectivity index (χ3v) is 4.70. The minimum Gasteiger partial charge on any atom is -0.452 e. The fourth-order valence-electron chi connectivity index (χ4n) is 2.45. The van der Waals surface area contributed by atoms with Crippen LogP contribution in [0.25, 0.3) is 0 Å². The van der Waals surface area contributed by atoms with E-state index in [4.69, 9.17) is 4.74 Å². The van der Waals surface area contributed by atoms with E-state index in [0.717, 1.165) is 5.56 Å². The standard InChI is InChI=1S/C21H17FN2O4S/c1-13-7-8-17(16(22)10-13)24-19(25)12-28-21(27)14-4-2-5-15(11-14)23-20(26)18-6-3-9-29-18/h2-11H,12H2,1H3,(H,23,26)(H,24,25). The Hall–Kier alpha value is -3.52. The Kier molecular flexibility index (Phi) is 6.36. The van der Waals surface area contributed by atoms with Crippen molar-refractivity contribution in [3.8, 4) is 0 Å². The molecule has 0 atom stereocenters. The van der Waals surface area contributed by atoms with Crippen LogP contribution in [-0.2, 0) is 9.53 Å². The van der Waals surface area contributed by atoms with Gasteiger partial charge in [0.05, 0.1) is 16.1 Å². The Balaban J connectivity index is 1.56. The van der Waals surface area contributed by atoms with E-state index in [0.29, 0.717) is 10.6 Å². The number of hydrogen-bond acceptors (Lipinski definition) is 5. The molecule has 2 N–H and O–H groups in total. The number of aryl methyl sites for hydroxylation is 1. The molecule has 0 bridgehead atoms. The second-order valence-corrected chi connectivity index (χ2v) is 7.07. The molecular formula is C21H17FN2O4S. The van der Waals surface area contributed by atoms with Crippen LogP contribution in [0.3, 0.4) is 0 Å². The normalized spacial score (nSPS) is 10.3. The molecule has 3 aromatic rings. The summed E-state index contributed by atoms with van der Waals surface area (Å²) >= 11 is 1.30. The van der Waals surface area contributed by atoms with Gasteiger partial charge in [0, 0.05) is 5.69 Å². The number of hydrogen-bond donors (Lipinski definition) is 2. The maximum absolute atomic E-state index is 13.8. The lowest BCUT2D eigenvalue weighted by Crippen LogP contribution is -2.21. The topological polar surface area (TPSA) is 84.5 Å². The van der Waals surface area contributed by atoms with Crippen LogP contribution in [0.1, 0.15) is 25.6 Å². The summed E-state index contributed by atoms with van der Waals surface area (Å²) in [7, 11) is 0. The van der Waals surface area contributed by atoms with E-state index in [1.54, 1.807) is 42.6 Å². The first-order valence-electron chi connectivity index (χ1n) is 8.60. The summed E-state index contributed by atoms with van der Waals surface area (Å²) in [6.45, 7) is 1.16. The van der Waals surface area contributed by atoms with Gasteiger partial charge in [0.2, 0.25) is 0 Å². The summed E-state index contributed by atoms with van der Waals surface area (Å²) < 4.78 is 18.7. The highest BCUT2D eigenvalue weighted by Crippen LogP contribution is 2.17. The lowest BCUT2D eigenvalue weighted by molar-refractivity contribution is -0.119. The molecule has 0 saturated carbocycles. The molecule has 2 amide bonds. The van der Waals surface area contributed by atoms with Crippen molar-refractivity contribution in [1.29, 1.82) is 0 Å². The van der Waals surface area contributed by atoms with Crippen molar-refractivity contribution in [2.24, 2.45) is 0 Å². The van der Waals surface area contributed by atoms with Crippen LogP contribution >= 0.6 is 11.3 Å². The maximum atomic E-state index is 13.8. The first kappa shape index (κ1) is 20.2. The first-order valence-corrected chi connectivity index (χ1v) is 9.48. The summed E-state index contributed by atoms with van der Waals surface area (Å²) in [5.74, 6) is -2.26. The summed E-state index contributed by atoms with van der Waals surface area (Å²) in [6.07, 6.45) is 0. The summed E-state index contributed by atoms with van der Waals surface area (Å²) in [5.41, 5.74) is 1.32. The largest absolute Gasteiger partial charge is 0.452 e. The zero-order valence-electron chi connectivity index (χ0n) is 15.4. The van der Waals surface area contributed by atoms with Crippen molar-refractivity contribution in [2.45, 2.75) is 6.92 Å². The van der Waals surface area contributed by atoms with E-state index in [9.17, 15) is 18.8 Å². The van der Waals surface area contributed by atoms with Gasteiger partial charge in [-0.3, -0.25) is 9.59 Å². The molecular weight excluding hydrogens is 395 g/mol.